The molecule has 3 nitrogen and oxygen atoms in total. The minimum absolute atomic E-state index is 0.0762. The summed E-state index contributed by atoms with van der Waals surface area (Å²) in [6, 6.07) is 17.6. The highest BCUT2D eigenvalue weighted by atomic mass is 16.3. The summed E-state index contributed by atoms with van der Waals surface area (Å²) in [5.41, 5.74) is 6.39. The second-order valence-electron chi connectivity index (χ2n) is 10.1. The molecule has 3 aromatic carbocycles. The smallest absolute Gasteiger partial charge is 0.216 e. The maximum absolute atomic E-state index is 9.58. The Morgan fingerprint density at radius 2 is 1.68 bits per heavy atom. The molecule has 0 aliphatic heterocycles. The lowest BCUT2D eigenvalue weighted by molar-refractivity contribution is -0.667. The zero-order valence-corrected chi connectivity index (χ0v) is 21.5. The number of nitrogens with zero attached hydrogens (tertiary/aromatic N) is 2. The third-order valence-corrected chi connectivity index (χ3v) is 7.92. The van der Waals surface area contributed by atoms with E-state index in [1.807, 2.05) is 61.5 Å². The van der Waals surface area contributed by atoms with Gasteiger partial charge in [0.05, 0.1) is 13.5 Å². The SMILES string of the molecule is [2H]c1c(C2([2H])CCCCC2)c(C([2H])([2H])[2H])c(C)[n+](C)c1-c1c(C)ccc2c1oc1c(-c3ccccc3)c([N+]#[C-])ccc12. The summed E-state index contributed by atoms with van der Waals surface area (Å²) in [5.74, 6) is -1.15. The first-order chi connectivity index (χ1) is 20.0. The van der Waals surface area contributed by atoms with Gasteiger partial charge in [-0.1, -0.05) is 73.9 Å². The Hall–Kier alpha value is -3.90. The summed E-state index contributed by atoms with van der Waals surface area (Å²) in [4.78, 5) is 3.79. The maximum atomic E-state index is 9.58. The minimum atomic E-state index is -2.46. The number of aromatic nitrogens is 1. The van der Waals surface area contributed by atoms with E-state index in [0.717, 1.165) is 46.7 Å². The van der Waals surface area contributed by atoms with Crippen molar-refractivity contribution in [1.82, 2.24) is 0 Å². The van der Waals surface area contributed by atoms with Crippen LogP contribution in [0.4, 0.5) is 5.69 Å². The van der Waals surface area contributed by atoms with Crippen LogP contribution < -0.4 is 4.57 Å². The molecule has 1 saturated carbocycles. The first-order valence-corrected chi connectivity index (χ1v) is 12.9. The van der Waals surface area contributed by atoms with Crippen LogP contribution in [0.2, 0.25) is 0 Å². The van der Waals surface area contributed by atoms with Crippen molar-refractivity contribution in [3.8, 4) is 22.4 Å². The quantitative estimate of drug-likeness (QED) is 0.182. The average Bonchev–Trinajstić information content (AvgIpc) is 3.34. The Labute approximate surface area is 226 Å². The van der Waals surface area contributed by atoms with Gasteiger partial charge in [-0.15, -0.1) is 0 Å². The van der Waals surface area contributed by atoms with Crippen molar-refractivity contribution in [3.63, 3.8) is 0 Å². The lowest BCUT2D eigenvalue weighted by atomic mass is 9.81. The van der Waals surface area contributed by atoms with Crippen LogP contribution in [0.25, 0.3) is 49.2 Å². The van der Waals surface area contributed by atoms with E-state index in [-0.39, 0.29) is 11.6 Å². The van der Waals surface area contributed by atoms with Gasteiger partial charge in [0, 0.05) is 40.3 Å². The second-order valence-corrected chi connectivity index (χ2v) is 10.1. The fourth-order valence-electron chi connectivity index (χ4n) is 5.77. The van der Waals surface area contributed by atoms with Crippen LogP contribution in [-0.2, 0) is 7.05 Å². The van der Waals surface area contributed by atoms with Gasteiger partial charge < -0.3 is 4.42 Å². The summed E-state index contributed by atoms with van der Waals surface area (Å²) in [6.07, 6.45) is 3.74. The van der Waals surface area contributed by atoms with Crippen LogP contribution in [-0.4, -0.2) is 0 Å². The lowest BCUT2D eigenvalue weighted by Gasteiger charge is -2.24. The van der Waals surface area contributed by atoms with Gasteiger partial charge in [-0.2, -0.15) is 4.57 Å². The number of furan rings is 1. The molecule has 0 unspecified atom stereocenters. The highest BCUT2D eigenvalue weighted by molar-refractivity contribution is 6.15. The van der Waals surface area contributed by atoms with E-state index < -0.39 is 12.7 Å². The fourth-order valence-corrected chi connectivity index (χ4v) is 5.77. The van der Waals surface area contributed by atoms with E-state index in [2.05, 4.69) is 4.85 Å². The maximum Gasteiger partial charge on any atom is 0.216 e. The Morgan fingerprint density at radius 3 is 2.38 bits per heavy atom. The topological polar surface area (TPSA) is 21.4 Å². The summed E-state index contributed by atoms with van der Waals surface area (Å²) in [5, 5.41) is 1.73. The van der Waals surface area contributed by atoms with E-state index in [0.29, 0.717) is 52.2 Å². The molecule has 6 rings (SSSR count). The first kappa shape index (κ1) is 18.4. The van der Waals surface area contributed by atoms with Crippen molar-refractivity contribution in [2.45, 2.75) is 58.7 Å². The summed E-state index contributed by atoms with van der Waals surface area (Å²) in [6.45, 7) is 9.12. The summed E-state index contributed by atoms with van der Waals surface area (Å²) in [7, 11) is 1.80. The normalized spacial score (nSPS) is 17.5. The Kier molecular flexibility index (Phi) is 4.56. The molecule has 2 aromatic heterocycles. The molecule has 1 aliphatic rings. The third-order valence-electron chi connectivity index (χ3n) is 7.92. The molecule has 1 fully saturated rings. The lowest BCUT2D eigenvalue weighted by Crippen LogP contribution is -2.36. The van der Waals surface area contributed by atoms with Crippen molar-refractivity contribution < 1.29 is 15.8 Å². The van der Waals surface area contributed by atoms with Crippen LogP contribution in [0.1, 0.15) is 67.2 Å². The number of hydrogen-bond donors (Lipinski definition) is 0. The standard InChI is InChI=1S/C34H33N2O/c1-21-16-17-26-27-18-19-29(35-4)32(25-14-10-7-11-15-25)34(27)37-33(26)31(21)30-20-28(22(2)23(3)36(30)5)24-12-8-6-9-13-24/h7,10-11,14-20,24H,6,8-9,12-13H2,1-3,5H3/q+1/i2D3,20D,24D. The second kappa shape index (κ2) is 9.20. The van der Waals surface area contributed by atoms with Gasteiger partial charge in [0.2, 0.25) is 5.69 Å². The highest BCUT2D eigenvalue weighted by Gasteiger charge is 2.28. The van der Waals surface area contributed by atoms with Crippen LogP contribution in [0.3, 0.4) is 0 Å². The van der Waals surface area contributed by atoms with Gasteiger partial charge in [0.25, 0.3) is 0 Å². The van der Waals surface area contributed by atoms with Gasteiger partial charge >= 0.3 is 0 Å². The molecular formula is C34H33N2O+. The number of benzene rings is 3. The monoisotopic (exact) mass is 490 g/mol. The molecule has 0 saturated heterocycles. The molecule has 3 heteroatoms. The van der Waals surface area contributed by atoms with Gasteiger partial charge in [0.15, 0.2) is 11.4 Å². The molecule has 0 N–H and O–H groups in total. The van der Waals surface area contributed by atoms with Crippen molar-refractivity contribution in [2.24, 2.45) is 7.05 Å². The highest BCUT2D eigenvalue weighted by Crippen LogP contribution is 2.45. The van der Waals surface area contributed by atoms with Crippen molar-refractivity contribution >= 4 is 27.6 Å². The number of pyridine rings is 1. The fraction of sp³-hybridized carbons (Fsp3) is 0.294. The average molecular weight is 491 g/mol. The molecular weight excluding hydrogens is 452 g/mol. The molecule has 0 atom stereocenters. The number of aryl methyl sites for hydroxylation is 1. The molecule has 184 valence electrons. The minimum Gasteiger partial charge on any atom is -0.456 e. The van der Waals surface area contributed by atoms with Crippen LogP contribution in [0.15, 0.2) is 65.1 Å². The van der Waals surface area contributed by atoms with Crippen LogP contribution >= 0.6 is 0 Å². The number of hydrogen-bond acceptors (Lipinski definition) is 1. The van der Waals surface area contributed by atoms with Gasteiger partial charge in [-0.25, -0.2) is 4.85 Å². The molecule has 1 aliphatic carbocycles. The van der Waals surface area contributed by atoms with Crippen LogP contribution in [0, 0.1) is 27.3 Å². The van der Waals surface area contributed by atoms with E-state index in [9.17, 15) is 2.74 Å². The number of rotatable bonds is 3. The summed E-state index contributed by atoms with van der Waals surface area (Å²) < 4.78 is 52.9. The first-order valence-electron chi connectivity index (χ1n) is 15.4. The van der Waals surface area contributed by atoms with Gasteiger partial charge in [0.1, 0.15) is 18.2 Å². The van der Waals surface area contributed by atoms with Crippen molar-refractivity contribution in [3.05, 3.63) is 94.4 Å². The predicted octanol–water partition coefficient (Wildman–Crippen LogP) is 9.27. The third kappa shape index (κ3) is 3.75. The van der Waals surface area contributed by atoms with Crippen LogP contribution in [0.5, 0.6) is 0 Å². The Morgan fingerprint density at radius 1 is 0.973 bits per heavy atom. The van der Waals surface area contributed by atoms with E-state index in [1.165, 1.54) is 0 Å². The summed E-state index contributed by atoms with van der Waals surface area (Å²) >= 11 is 0. The Balaban J connectivity index is 1.74. The van der Waals surface area contributed by atoms with Gasteiger partial charge in [-0.05, 0) is 49.2 Å². The predicted molar refractivity (Wildman–Crippen MR) is 152 cm³/mol. The van der Waals surface area contributed by atoms with E-state index in [4.69, 9.17) is 15.1 Å². The molecule has 5 aromatic rings. The number of fused-ring (bicyclic) bond motifs is 3. The largest absolute Gasteiger partial charge is 0.456 e. The zero-order chi connectivity index (χ0) is 30.0. The Bertz CT molecular complexity index is 1910. The van der Waals surface area contributed by atoms with Gasteiger partial charge in [-0.3, -0.25) is 0 Å². The van der Waals surface area contributed by atoms with E-state index in [1.54, 1.807) is 18.5 Å². The molecule has 0 amide bonds. The molecule has 0 bridgehead atoms. The molecule has 2 heterocycles. The molecule has 37 heavy (non-hydrogen) atoms. The van der Waals surface area contributed by atoms with Crippen molar-refractivity contribution in [1.29, 1.82) is 0 Å². The van der Waals surface area contributed by atoms with Crippen molar-refractivity contribution in [2.75, 3.05) is 0 Å². The zero-order valence-electron chi connectivity index (χ0n) is 26.5. The molecule has 0 spiro atoms. The van der Waals surface area contributed by atoms with E-state index >= 15 is 0 Å². The molecule has 0 radical (unpaired) electrons.